The van der Waals surface area contributed by atoms with Crippen LogP contribution in [0, 0.1) is 0 Å². The first-order chi connectivity index (χ1) is 15.1. The number of Topliss-reactive ketones (excluding diaryl/α,β-unsaturated/α-hetero) is 1. The summed E-state index contributed by atoms with van der Waals surface area (Å²) in [6.07, 6.45) is 0. The van der Waals surface area contributed by atoms with E-state index in [1.54, 1.807) is 35.6 Å². The molecule has 0 saturated carbocycles. The first-order valence-electron chi connectivity index (χ1n) is 9.72. The van der Waals surface area contributed by atoms with Crippen molar-refractivity contribution in [1.29, 1.82) is 0 Å². The number of benzene rings is 2. The summed E-state index contributed by atoms with van der Waals surface area (Å²) in [6, 6.07) is 17.0. The molecule has 4 aromatic rings. The molecule has 2 aromatic heterocycles. The molecule has 6 nitrogen and oxygen atoms in total. The van der Waals surface area contributed by atoms with Crippen LogP contribution >= 0.6 is 34.7 Å². The van der Waals surface area contributed by atoms with Crippen molar-refractivity contribution in [2.75, 3.05) is 11.1 Å². The second-order valence-corrected chi connectivity index (χ2v) is 8.86. The molecule has 0 atom stereocenters. The molecule has 0 aliphatic heterocycles. The zero-order chi connectivity index (χ0) is 21.6. The lowest BCUT2D eigenvalue weighted by molar-refractivity contribution is 0.102. The van der Waals surface area contributed by atoms with Crippen molar-refractivity contribution in [3.05, 3.63) is 76.4 Å². The molecule has 2 heterocycles. The van der Waals surface area contributed by atoms with Crippen molar-refractivity contribution in [1.82, 2.24) is 19.7 Å². The fraction of sp³-hybridized carbons (Fsp3) is 0.182. The fourth-order valence-corrected chi connectivity index (χ4v) is 4.73. The first kappa shape index (κ1) is 21.5. The third-order valence-electron chi connectivity index (χ3n) is 4.58. The minimum Gasteiger partial charge on any atom is -0.354 e. The van der Waals surface area contributed by atoms with Crippen molar-refractivity contribution in [2.45, 2.75) is 25.2 Å². The molecule has 158 valence electrons. The maximum absolute atomic E-state index is 12.4. The van der Waals surface area contributed by atoms with Crippen LogP contribution in [-0.2, 0) is 13.1 Å². The molecule has 0 amide bonds. The number of halogens is 1. The number of nitrogens with zero attached hydrogens (tertiary/aromatic N) is 4. The zero-order valence-corrected chi connectivity index (χ0v) is 19.2. The Balaban J connectivity index is 1.37. The van der Waals surface area contributed by atoms with Gasteiger partial charge in [-0.25, -0.2) is 4.98 Å². The molecule has 1 N–H and O–H groups in total. The van der Waals surface area contributed by atoms with Gasteiger partial charge in [-0.15, -0.1) is 21.5 Å². The molecule has 4 rings (SSSR count). The largest absolute Gasteiger partial charge is 0.354 e. The van der Waals surface area contributed by atoms with Crippen LogP contribution in [0.25, 0.3) is 11.3 Å². The molecule has 2 aromatic carbocycles. The summed E-state index contributed by atoms with van der Waals surface area (Å²) in [4.78, 5) is 17.1. The maximum atomic E-state index is 12.4. The van der Waals surface area contributed by atoms with Gasteiger partial charge in [-0.3, -0.25) is 4.79 Å². The third kappa shape index (κ3) is 5.33. The minimum absolute atomic E-state index is 0.0308. The number of aromatic nitrogens is 4. The van der Waals surface area contributed by atoms with Crippen LogP contribution in [0.5, 0.6) is 0 Å². The highest BCUT2D eigenvalue weighted by Crippen LogP contribution is 2.25. The molecule has 0 bridgehead atoms. The Kier molecular flexibility index (Phi) is 7.01. The number of thioether (sulfide) groups is 1. The van der Waals surface area contributed by atoms with Crippen LogP contribution in [-0.4, -0.2) is 31.3 Å². The summed E-state index contributed by atoms with van der Waals surface area (Å²) in [5, 5.41) is 16.1. The van der Waals surface area contributed by atoms with Crippen LogP contribution in [0.2, 0.25) is 5.02 Å². The highest BCUT2D eigenvalue weighted by atomic mass is 35.5. The molecule has 0 aliphatic carbocycles. The van der Waals surface area contributed by atoms with Crippen LogP contribution < -0.4 is 5.32 Å². The van der Waals surface area contributed by atoms with Crippen LogP contribution in [0.3, 0.4) is 0 Å². The molecule has 0 unspecified atom stereocenters. The number of nitrogens with one attached hydrogen (secondary N) is 1. The highest BCUT2D eigenvalue weighted by Gasteiger charge is 2.14. The van der Waals surface area contributed by atoms with Gasteiger partial charge in [0.15, 0.2) is 21.9 Å². The van der Waals surface area contributed by atoms with Gasteiger partial charge in [0.2, 0.25) is 0 Å². The highest BCUT2D eigenvalue weighted by molar-refractivity contribution is 7.99. The number of carbonyl (C=O) groups is 1. The van der Waals surface area contributed by atoms with Gasteiger partial charge in [0, 0.05) is 28.1 Å². The van der Waals surface area contributed by atoms with Gasteiger partial charge >= 0.3 is 0 Å². The summed E-state index contributed by atoms with van der Waals surface area (Å²) in [5.41, 5.74) is 2.67. The van der Waals surface area contributed by atoms with Crippen molar-refractivity contribution in [2.24, 2.45) is 0 Å². The molecule has 0 saturated heterocycles. The summed E-state index contributed by atoms with van der Waals surface area (Å²) in [6.45, 7) is 3.26. The normalized spacial score (nSPS) is 10.9. The Bertz CT molecular complexity index is 1160. The lowest BCUT2D eigenvalue weighted by Gasteiger charge is -2.07. The van der Waals surface area contributed by atoms with Crippen LogP contribution in [0.15, 0.2) is 65.1 Å². The number of rotatable bonds is 9. The van der Waals surface area contributed by atoms with E-state index in [0.717, 1.165) is 27.4 Å². The standard InChI is InChI=1S/C22H20ClN5OS2/c1-2-28-20(12-24-21-25-18(13-30-21)15-6-4-3-5-7-15)26-27-22(28)31-14-19(29)16-8-10-17(23)11-9-16/h3-11,13H,2,12,14H2,1H3,(H,24,25). The number of thiazole rings is 1. The Labute approximate surface area is 193 Å². The molecule has 0 fully saturated rings. The summed E-state index contributed by atoms with van der Waals surface area (Å²) in [5.74, 6) is 1.13. The fourth-order valence-electron chi connectivity index (χ4n) is 2.97. The Morgan fingerprint density at radius 2 is 1.90 bits per heavy atom. The minimum atomic E-state index is 0.0308. The van der Waals surface area contributed by atoms with Gasteiger partial charge < -0.3 is 9.88 Å². The van der Waals surface area contributed by atoms with Gasteiger partial charge in [-0.05, 0) is 31.2 Å². The topological polar surface area (TPSA) is 72.7 Å². The molecular weight excluding hydrogens is 450 g/mol. The molecule has 0 radical (unpaired) electrons. The van der Waals surface area contributed by atoms with Gasteiger partial charge in [-0.1, -0.05) is 53.7 Å². The molecule has 31 heavy (non-hydrogen) atoms. The number of hydrogen-bond donors (Lipinski definition) is 1. The molecule has 0 spiro atoms. The van der Waals surface area contributed by atoms with Crippen molar-refractivity contribution in [3.8, 4) is 11.3 Å². The number of carbonyl (C=O) groups excluding carboxylic acids is 1. The number of ketones is 1. The van der Waals surface area contributed by atoms with Gasteiger partial charge in [0.25, 0.3) is 0 Å². The van der Waals surface area contributed by atoms with E-state index in [1.165, 1.54) is 11.8 Å². The predicted molar refractivity (Wildman–Crippen MR) is 127 cm³/mol. The first-order valence-corrected chi connectivity index (χ1v) is 12.0. The molecule has 9 heteroatoms. The van der Waals surface area contributed by atoms with Crippen molar-refractivity contribution in [3.63, 3.8) is 0 Å². The van der Waals surface area contributed by atoms with Crippen LogP contribution in [0.4, 0.5) is 5.13 Å². The van der Waals surface area contributed by atoms with Crippen molar-refractivity contribution >= 4 is 45.6 Å². The lowest BCUT2D eigenvalue weighted by Crippen LogP contribution is -2.09. The Hall–Kier alpha value is -2.68. The monoisotopic (exact) mass is 469 g/mol. The average Bonchev–Trinajstić information content (AvgIpc) is 3.43. The van der Waals surface area contributed by atoms with E-state index >= 15 is 0 Å². The zero-order valence-electron chi connectivity index (χ0n) is 16.8. The summed E-state index contributed by atoms with van der Waals surface area (Å²) >= 11 is 8.84. The third-order valence-corrected chi connectivity index (χ3v) is 6.60. The van der Waals surface area contributed by atoms with E-state index < -0.39 is 0 Å². The van der Waals surface area contributed by atoms with Crippen LogP contribution in [0.1, 0.15) is 23.1 Å². The van der Waals surface area contributed by atoms with E-state index in [-0.39, 0.29) is 5.78 Å². The smallest absolute Gasteiger partial charge is 0.191 e. The SMILES string of the molecule is CCn1c(CNc2nc(-c3ccccc3)cs2)nnc1SCC(=O)c1ccc(Cl)cc1. The predicted octanol–water partition coefficient (Wildman–Crippen LogP) is 5.66. The van der Waals surface area contributed by atoms with Gasteiger partial charge in [-0.2, -0.15) is 0 Å². The second kappa shape index (κ2) is 10.1. The number of hydrogen-bond acceptors (Lipinski definition) is 7. The van der Waals surface area contributed by atoms with E-state index in [9.17, 15) is 4.79 Å². The van der Waals surface area contributed by atoms with E-state index in [1.807, 2.05) is 47.2 Å². The Morgan fingerprint density at radius 3 is 2.65 bits per heavy atom. The molecular formula is C22H20ClN5OS2. The van der Waals surface area contributed by atoms with Gasteiger partial charge in [0.05, 0.1) is 18.0 Å². The summed E-state index contributed by atoms with van der Waals surface area (Å²) < 4.78 is 2.01. The van der Waals surface area contributed by atoms with Crippen molar-refractivity contribution < 1.29 is 4.79 Å². The van der Waals surface area contributed by atoms with E-state index in [2.05, 4.69) is 20.5 Å². The second-order valence-electron chi connectivity index (χ2n) is 6.62. The van der Waals surface area contributed by atoms with Gasteiger partial charge in [0.1, 0.15) is 0 Å². The average molecular weight is 470 g/mol. The maximum Gasteiger partial charge on any atom is 0.191 e. The quantitative estimate of drug-likeness (QED) is 0.252. The van der Waals surface area contributed by atoms with E-state index in [4.69, 9.17) is 11.6 Å². The number of anilines is 1. The lowest BCUT2D eigenvalue weighted by atomic mass is 10.1. The Morgan fingerprint density at radius 1 is 1.13 bits per heavy atom. The summed E-state index contributed by atoms with van der Waals surface area (Å²) in [7, 11) is 0. The molecule has 0 aliphatic rings. The van der Waals surface area contributed by atoms with E-state index in [0.29, 0.717) is 29.4 Å².